The normalized spacial score (nSPS) is 21.6. The number of nitrogens with zero attached hydrogens (tertiary/aromatic N) is 1. The average molecular weight is 264 g/mol. The zero-order valence-corrected chi connectivity index (χ0v) is 11.4. The van der Waals surface area contributed by atoms with E-state index >= 15 is 0 Å². The quantitative estimate of drug-likeness (QED) is 0.630. The smallest absolute Gasteiger partial charge is 0.311 e. The van der Waals surface area contributed by atoms with Crippen molar-refractivity contribution in [1.82, 2.24) is 0 Å². The SMILES string of the molecule is CCCOc1cc(NC2CC(C)C2)ccc1[N+](=O)[O-]. The molecule has 0 bridgehead atoms. The number of hydrogen-bond donors (Lipinski definition) is 1. The van der Waals surface area contributed by atoms with Crippen LogP contribution in [0.25, 0.3) is 0 Å². The number of nitro groups is 1. The summed E-state index contributed by atoms with van der Waals surface area (Å²) in [6.07, 6.45) is 3.14. The van der Waals surface area contributed by atoms with E-state index in [2.05, 4.69) is 12.2 Å². The van der Waals surface area contributed by atoms with Gasteiger partial charge in [-0.1, -0.05) is 13.8 Å². The molecule has 5 heteroatoms. The molecule has 2 rings (SSSR count). The molecule has 1 N–H and O–H groups in total. The first-order valence-corrected chi connectivity index (χ1v) is 6.78. The minimum absolute atomic E-state index is 0.0287. The van der Waals surface area contributed by atoms with Crippen molar-refractivity contribution >= 4 is 11.4 Å². The van der Waals surface area contributed by atoms with E-state index in [-0.39, 0.29) is 5.69 Å². The molecular formula is C14H20N2O3. The Kier molecular flexibility index (Phi) is 4.24. The van der Waals surface area contributed by atoms with Crippen LogP contribution in [-0.4, -0.2) is 17.6 Å². The van der Waals surface area contributed by atoms with Gasteiger partial charge in [0.2, 0.25) is 0 Å². The summed E-state index contributed by atoms with van der Waals surface area (Å²) in [6.45, 7) is 4.69. The Balaban J connectivity index is 2.10. The highest BCUT2D eigenvalue weighted by atomic mass is 16.6. The molecule has 1 fully saturated rings. The topological polar surface area (TPSA) is 64.4 Å². The number of hydrogen-bond acceptors (Lipinski definition) is 4. The summed E-state index contributed by atoms with van der Waals surface area (Å²) in [4.78, 5) is 10.5. The highest BCUT2D eigenvalue weighted by Gasteiger charge is 2.25. The van der Waals surface area contributed by atoms with Crippen LogP contribution in [0.5, 0.6) is 5.75 Å². The Hall–Kier alpha value is -1.78. The molecule has 0 unspecified atom stereocenters. The Bertz CT molecular complexity index is 456. The van der Waals surface area contributed by atoms with Gasteiger partial charge in [-0.15, -0.1) is 0 Å². The van der Waals surface area contributed by atoms with E-state index in [0.29, 0.717) is 18.4 Å². The van der Waals surface area contributed by atoms with Crippen molar-refractivity contribution < 1.29 is 9.66 Å². The van der Waals surface area contributed by atoms with Crippen LogP contribution in [0.15, 0.2) is 18.2 Å². The lowest BCUT2D eigenvalue weighted by Crippen LogP contribution is -2.33. The number of anilines is 1. The lowest BCUT2D eigenvalue weighted by atomic mass is 9.82. The van der Waals surface area contributed by atoms with Crippen molar-refractivity contribution in [3.05, 3.63) is 28.3 Å². The van der Waals surface area contributed by atoms with Crippen molar-refractivity contribution in [2.45, 2.75) is 39.2 Å². The Labute approximate surface area is 113 Å². The Morgan fingerprint density at radius 1 is 1.47 bits per heavy atom. The summed E-state index contributed by atoms with van der Waals surface area (Å²) in [5.41, 5.74) is 0.926. The molecular weight excluding hydrogens is 244 g/mol. The molecule has 5 nitrogen and oxygen atoms in total. The highest BCUT2D eigenvalue weighted by Crippen LogP contribution is 2.33. The molecule has 0 amide bonds. The van der Waals surface area contributed by atoms with Gasteiger partial charge in [0.15, 0.2) is 5.75 Å². The van der Waals surface area contributed by atoms with E-state index in [4.69, 9.17) is 4.74 Å². The summed E-state index contributed by atoms with van der Waals surface area (Å²) in [5.74, 6) is 1.12. The first-order chi connectivity index (χ1) is 9.10. The van der Waals surface area contributed by atoms with Gasteiger partial charge in [0, 0.05) is 23.9 Å². The van der Waals surface area contributed by atoms with Gasteiger partial charge >= 0.3 is 5.69 Å². The second-order valence-corrected chi connectivity index (χ2v) is 5.21. The fourth-order valence-electron chi connectivity index (χ4n) is 2.34. The van der Waals surface area contributed by atoms with E-state index in [9.17, 15) is 10.1 Å². The van der Waals surface area contributed by atoms with Gasteiger partial charge in [-0.3, -0.25) is 10.1 Å². The van der Waals surface area contributed by atoms with Gasteiger partial charge in [-0.25, -0.2) is 0 Å². The second kappa shape index (κ2) is 5.91. The van der Waals surface area contributed by atoms with Crippen LogP contribution in [0.3, 0.4) is 0 Å². The molecule has 0 radical (unpaired) electrons. The summed E-state index contributed by atoms with van der Waals surface area (Å²) in [6, 6.07) is 5.47. The van der Waals surface area contributed by atoms with Crippen LogP contribution < -0.4 is 10.1 Å². The third-order valence-electron chi connectivity index (χ3n) is 3.36. The maximum Gasteiger partial charge on any atom is 0.311 e. The average Bonchev–Trinajstić information content (AvgIpc) is 2.34. The molecule has 1 aromatic rings. The molecule has 0 heterocycles. The number of nitro benzene ring substituents is 1. The van der Waals surface area contributed by atoms with Crippen LogP contribution in [0.4, 0.5) is 11.4 Å². The molecule has 0 spiro atoms. The summed E-state index contributed by atoms with van der Waals surface area (Å²) < 4.78 is 5.46. The molecule has 19 heavy (non-hydrogen) atoms. The molecule has 1 saturated carbocycles. The first kappa shape index (κ1) is 13.6. The molecule has 0 aromatic heterocycles. The third kappa shape index (κ3) is 3.36. The molecule has 0 atom stereocenters. The molecule has 104 valence electrons. The van der Waals surface area contributed by atoms with Crippen molar-refractivity contribution in [1.29, 1.82) is 0 Å². The number of ether oxygens (including phenoxy) is 1. The molecule has 1 aliphatic rings. The van der Waals surface area contributed by atoms with Gasteiger partial charge in [-0.2, -0.15) is 0 Å². The highest BCUT2D eigenvalue weighted by molar-refractivity contribution is 5.58. The lowest BCUT2D eigenvalue weighted by molar-refractivity contribution is -0.385. The van der Waals surface area contributed by atoms with Crippen LogP contribution in [0.2, 0.25) is 0 Å². The molecule has 1 aromatic carbocycles. The van der Waals surface area contributed by atoms with Crippen LogP contribution in [0.1, 0.15) is 33.1 Å². The van der Waals surface area contributed by atoms with Gasteiger partial charge in [-0.05, 0) is 31.2 Å². The van der Waals surface area contributed by atoms with E-state index in [0.717, 1.165) is 30.9 Å². The maximum absolute atomic E-state index is 10.9. The van der Waals surface area contributed by atoms with E-state index in [1.165, 1.54) is 6.07 Å². The predicted octanol–water partition coefficient (Wildman–Crippen LogP) is 3.59. The molecule has 0 saturated heterocycles. The lowest BCUT2D eigenvalue weighted by Gasteiger charge is -2.34. The van der Waals surface area contributed by atoms with E-state index in [1.54, 1.807) is 12.1 Å². The van der Waals surface area contributed by atoms with Gasteiger partial charge in [0.25, 0.3) is 0 Å². The van der Waals surface area contributed by atoms with Gasteiger partial charge in [0.1, 0.15) is 0 Å². The van der Waals surface area contributed by atoms with Crippen LogP contribution in [-0.2, 0) is 0 Å². The summed E-state index contributed by atoms with van der Waals surface area (Å²) >= 11 is 0. The predicted molar refractivity (Wildman–Crippen MR) is 74.7 cm³/mol. The van der Waals surface area contributed by atoms with Crippen LogP contribution >= 0.6 is 0 Å². The Morgan fingerprint density at radius 3 is 2.79 bits per heavy atom. The van der Waals surface area contributed by atoms with E-state index < -0.39 is 4.92 Å². The fraction of sp³-hybridized carbons (Fsp3) is 0.571. The summed E-state index contributed by atoms with van der Waals surface area (Å²) in [5, 5.41) is 14.3. The monoisotopic (exact) mass is 264 g/mol. The zero-order valence-electron chi connectivity index (χ0n) is 11.4. The van der Waals surface area contributed by atoms with Gasteiger partial charge in [0.05, 0.1) is 11.5 Å². The third-order valence-corrected chi connectivity index (χ3v) is 3.36. The van der Waals surface area contributed by atoms with Crippen molar-refractivity contribution in [2.24, 2.45) is 5.92 Å². The van der Waals surface area contributed by atoms with E-state index in [1.807, 2.05) is 6.92 Å². The van der Waals surface area contributed by atoms with Crippen molar-refractivity contribution in [2.75, 3.05) is 11.9 Å². The van der Waals surface area contributed by atoms with Gasteiger partial charge < -0.3 is 10.1 Å². The first-order valence-electron chi connectivity index (χ1n) is 6.78. The number of nitrogens with one attached hydrogen (secondary N) is 1. The Morgan fingerprint density at radius 2 is 2.21 bits per heavy atom. The fourth-order valence-corrected chi connectivity index (χ4v) is 2.34. The minimum Gasteiger partial charge on any atom is -0.487 e. The minimum atomic E-state index is -0.403. The van der Waals surface area contributed by atoms with Crippen LogP contribution in [0, 0.1) is 16.0 Å². The summed E-state index contributed by atoms with van der Waals surface area (Å²) in [7, 11) is 0. The zero-order chi connectivity index (χ0) is 13.8. The largest absolute Gasteiger partial charge is 0.487 e. The second-order valence-electron chi connectivity index (χ2n) is 5.21. The molecule has 0 aliphatic heterocycles. The maximum atomic E-state index is 10.9. The van der Waals surface area contributed by atoms with Crippen molar-refractivity contribution in [3.8, 4) is 5.75 Å². The molecule has 1 aliphatic carbocycles. The number of benzene rings is 1. The standard InChI is InChI=1S/C14H20N2O3/c1-3-6-19-14-9-11(4-5-13(14)16(17)18)15-12-7-10(2)8-12/h4-5,9-10,12,15H,3,6-8H2,1-2H3. The van der Waals surface area contributed by atoms with Crippen molar-refractivity contribution in [3.63, 3.8) is 0 Å². The number of rotatable bonds is 6.